The normalized spacial score (nSPS) is 11.3. The number of carbonyl (C=O) groups excluding carboxylic acids is 1. The molecule has 0 aliphatic rings. The third-order valence-electron chi connectivity index (χ3n) is 3.38. The van der Waals surface area contributed by atoms with Crippen LogP contribution in [0.1, 0.15) is 19.4 Å². The Morgan fingerprint density at radius 2 is 1.83 bits per heavy atom. The van der Waals surface area contributed by atoms with E-state index in [0.29, 0.717) is 19.0 Å². The second kappa shape index (κ2) is 10.3. The number of hydrogen-bond donors (Lipinski definition) is 3. The Labute approximate surface area is 155 Å². The van der Waals surface area contributed by atoms with E-state index in [1.165, 1.54) is 0 Å². The second-order valence-electron chi connectivity index (χ2n) is 5.59. The second-order valence-corrected chi connectivity index (χ2v) is 5.59. The molecule has 0 saturated heterocycles. The smallest absolute Gasteiger partial charge is 0.227 e. The number of carbonyl (C=O) groups is 1. The summed E-state index contributed by atoms with van der Waals surface area (Å²) in [6.07, 6.45) is 0. The highest BCUT2D eigenvalue weighted by Crippen LogP contribution is 2.13. The molecule has 1 rings (SSSR count). The number of methoxy groups -OCH3 is 1. The highest BCUT2D eigenvalue weighted by molar-refractivity contribution is 14.0. The number of amides is 1. The number of benzene rings is 1. The first-order valence-corrected chi connectivity index (χ1v) is 7.22. The molecule has 1 aromatic carbocycles. The molecule has 0 heterocycles. The van der Waals surface area contributed by atoms with Gasteiger partial charge in [-0.3, -0.25) is 9.79 Å². The van der Waals surface area contributed by atoms with Crippen LogP contribution in [0.2, 0.25) is 0 Å². The van der Waals surface area contributed by atoms with Crippen molar-refractivity contribution in [2.75, 3.05) is 27.7 Å². The Morgan fingerprint density at radius 1 is 1.22 bits per heavy atom. The van der Waals surface area contributed by atoms with Gasteiger partial charge in [0.1, 0.15) is 5.75 Å². The van der Waals surface area contributed by atoms with Crippen LogP contribution in [0.15, 0.2) is 29.3 Å². The van der Waals surface area contributed by atoms with Gasteiger partial charge in [0.15, 0.2) is 5.96 Å². The summed E-state index contributed by atoms with van der Waals surface area (Å²) in [5.41, 5.74) is 0.612. The minimum Gasteiger partial charge on any atom is -0.497 e. The van der Waals surface area contributed by atoms with Crippen LogP contribution in [-0.2, 0) is 11.3 Å². The molecule has 0 fully saturated rings. The van der Waals surface area contributed by atoms with Crippen LogP contribution in [0.25, 0.3) is 0 Å². The highest BCUT2D eigenvalue weighted by atomic mass is 127. The summed E-state index contributed by atoms with van der Waals surface area (Å²) in [4.78, 5) is 15.9. The predicted molar refractivity (Wildman–Crippen MR) is 104 cm³/mol. The maximum Gasteiger partial charge on any atom is 0.227 e. The van der Waals surface area contributed by atoms with Gasteiger partial charge < -0.3 is 20.7 Å². The third-order valence-corrected chi connectivity index (χ3v) is 3.38. The van der Waals surface area contributed by atoms with Gasteiger partial charge in [-0.2, -0.15) is 0 Å². The van der Waals surface area contributed by atoms with Crippen LogP contribution >= 0.6 is 24.0 Å². The minimum atomic E-state index is -0.507. The first-order chi connectivity index (χ1) is 10.4. The molecule has 0 aliphatic carbocycles. The Kier molecular flexibility index (Phi) is 9.62. The maximum atomic E-state index is 11.8. The fraction of sp³-hybridized carbons (Fsp3) is 0.500. The van der Waals surface area contributed by atoms with Crippen molar-refractivity contribution in [2.45, 2.75) is 20.4 Å². The van der Waals surface area contributed by atoms with E-state index in [-0.39, 0.29) is 29.9 Å². The van der Waals surface area contributed by atoms with Gasteiger partial charge in [-0.05, 0) is 31.5 Å². The molecule has 7 heteroatoms. The molecule has 0 spiro atoms. The molecule has 1 aromatic rings. The molecule has 0 aliphatic heterocycles. The lowest BCUT2D eigenvalue weighted by molar-refractivity contribution is -0.128. The van der Waals surface area contributed by atoms with Gasteiger partial charge in [0.05, 0.1) is 12.5 Å². The molecule has 130 valence electrons. The first-order valence-electron chi connectivity index (χ1n) is 7.22. The number of ether oxygens (including phenoxy) is 1. The van der Waals surface area contributed by atoms with E-state index in [0.717, 1.165) is 11.3 Å². The summed E-state index contributed by atoms with van der Waals surface area (Å²) in [5, 5.41) is 9.05. The standard InChI is InChI=1S/C16H26N4O2.HI/c1-16(2,14(21)17-3)11-20-15(18-4)19-10-12-6-8-13(22-5)9-7-12;/h6-9H,10-11H2,1-5H3,(H,17,21)(H2,18,19,20);1H. The van der Waals surface area contributed by atoms with Crippen molar-refractivity contribution < 1.29 is 9.53 Å². The van der Waals surface area contributed by atoms with E-state index in [9.17, 15) is 4.79 Å². The molecule has 0 saturated carbocycles. The van der Waals surface area contributed by atoms with E-state index < -0.39 is 5.41 Å². The van der Waals surface area contributed by atoms with Crippen LogP contribution in [0.4, 0.5) is 0 Å². The minimum absolute atomic E-state index is 0. The van der Waals surface area contributed by atoms with Crippen molar-refractivity contribution in [1.29, 1.82) is 0 Å². The van der Waals surface area contributed by atoms with Crippen molar-refractivity contribution in [3.05, 3.63) is 29.8 Å². The van der Waals surface area contributed by atoms with Crippen LogP contribution in [0, 0.1) is 5.41 Å². The topological polar surface area (TPSA) is 74.8 Å². The quantitative estimate of drug-likeness (QED) is 0.363. The van der Waals surface area contributed by atoms with E-state index in [1.807, 2.05) is 38.1 Å². The Hall–Kier alpha value is -1.51. The van der Waals surface area contributed by atoms with Gasteiger partial charge in [-0.15, -0.1) is 24.0 Å². The lowest BCUT2D eigenvalue weighted by Gasteiger charge is -2.24. The lowest BCUT2D eigenvalue weighted by atomic mass is 9.92. The van der Waals surface area contributed by atoms with Crippen LogP contribution in [-0.4, -0.2) is 39.6 Å². The summed E-state index contributed by atoms with van der Waals surface area (Å²) in [6, 6.07) is 7.82. The molecular weight excluding hydrogens is 407 g/mol. The Bertz CT molecular complexity index is 515. The molecule has 0 unspecified atom stereocenters. The number of halogens is 1. The van der Waals surface area contributed by atoms with E-state index in [1.54, 1.807) is 21.2 Å². The molecule has 0 aromatic heterocycles. The van der Waals surface area contributed by atoms with Crippen LogP contribution < -0.4 is 20.7 Å². The summed E-state index contributed by atoms with van der Waals surface area (Å²) >= 11 is 0. The van der Waals surface area contributed by atoms with Crippen LogP contribution in [0.3, 0.4) is 0 Å². The average molecular weight is 434 g/mol. The molecule has 6 nitrogen and oxygen atoms in total. The van der Waals surface area contributed by atoms with Gasteiger partial charge in [-0.25, -0.2) is 0 Å². The SMILES string of the molecule is CN=C(NCc1ccc(OC)cc1)NCC(C)(C)C(=O)NC.I. The zero-order valence-corrected chi connectivity index (χ0v) is 16.7. The average Bonchev–Trinajstić information content (AvgIpc) is 2.54. The van der Waals surface area contributed by atoms with Crippen molar-refractivity contribution in [3.8, 4) is 5.75 Å². The fourth-order valence-electron chi connectivity index (χ4n) is 1.87. The molecule has 23 heavy (non-hydrogen) atoms. The number of rotatable bonds is 6. The fourth-order valence-corrected chi connectivity index (χ4v) is 1.87. The van der Waals surface area contributed by atoms with E-state index >= 15 is 0 Å². The predicted octanol–water partition coefficient (Wildman–Crippen LogP) is 1.75. The number of nitrogens with one attached hydrogen (secondary N) is 3. The first kappa shape index (κ1) is 21.5. The molecule has 3 N–H and O–H groups in total. The van der Waals surface area contributed by atoms with Gasteiger partial charge in [-0.1, -0.05) is 12.1 Å². The molecule has 0 radical (unpaired) electrons. The largest absolute Gasteiger partial charge is 0.497 e. The van der Waals surface area contributed by atoms with Gasteiger partial charge >= 0.3 is 0 Å². The highest BCUT2D eigenvalue weighted by Gasteiger charge is 2.26. The lowest BCUT2D eigenvalue weighted by Crippen LogP contribution is -2.47. The maximum absolute atomic E-state index is 11.8. The number of guanidine groups is 1. The van der Waals surface area contributed by atoms with Gasteiger partial charge in [0.2, 0.25) is 5.91 Å². The summed E-state index contributed by atoms with van der Waals surface area (Å²) < 4.78 is 5.13. The van der Waals surface area contributed by atoms with Crippen molar-refractivity contribution in [3.63, 3.8) is 0 Å². The van der Waals surface area contributed by atoms with E-state index in [4.69, 9.17) is 4.74 Å². The Balaban J connectivity index is 0.00000484. The van der Waals surface area contributed by atoms with Crippen molar-refractivity contribution in [2.24, 2.45) is 10.4 Å². The molecule has 0 atom stereocenters. The summed E-state index contributed by atoms with van der Waals surface area (Å²) in [6.45, 7) is 4.91. The van der Waals surface area contributed by atoms with Crippen molar-refractivity contribution in [1.82, 2.24) is 16.0 Å². The zero-order valence-electron chi connectivity index (χ0n) is 14.4. The molecular formula is C16H27IN4O2. The number of nitrogens with zero attached hydrogens (tertiary/aromatic N) is 1. The van der Waals surface area contributed by atoms with Gasteiger partial charge in [0, 0.05) is 27.2 Å². The summed E-state index contributed by atoms with van der Waals surface area (Å²) in [5.74, 6) is 1.48. The number of hydrogen-bond acceptors (Lipinski definition) is 3. The molecule has 1 amide bonds. The van der Waals surface area contributed by atoms with Gasteiger partial charge in [0.25, 0.3) is 0 Å². The summed E-state index contributed by atoms with van der Waals surface area (Å²) in [7, 11) is 4.99. The zero-order chi connectivity index (χ0) is 16.6. The Morgan fingerprint density at radius 3 is 2.30 bits per heavy atom. The van der Waals surface area contributed by atoms with E-state index in [2.05, 4.69) is 20.9 Å². The monoisotopic (exact) mass is 434 g/mol. The van der Waals surface area contributed by atoms with Crippen molar-refractivity contribution >= 4 is 35.8 Å². The molecule has 0 bridgehead atoms. The number of aliphatic imine (C=N–C) groups is 1. The third kappa shape index (κ3) is 7.06. The van der Waals surface area contributed by atoms with Crippen LogP contribution in [0.5, 0.6) is 5.75 Å².